The first kappa shape index (κ1) is 20.5. The van der Waals surface area contributed by atoms with Crippen LogP contribution in [0.5, 0.6) is 11.5 Å². The Morgan fingerprint density at radius 2 is 1.83 bits per heavy atom. The molecule has 7 nitrogen and oxygen atoms in total. The topological polar surface area (TPSA) is 77.1 Å². The van der Waals surface area contributed by atoms with Gasteiger partial charge in [-0.1, -0.05) is 6.07 Å². The van der Waals surface area contributed by atoms with E-state index in [2.05, 4.69) is 16.3 Å². The molecular formula is C22H26N2O5. The van der Waals surface area contributed by atoms with E-state index < -0.39 is 18.5 Å². The fourth-order valence-electron chi connectivity index (χ4n) is 3.40. The number of amides is 1. The van der Waals surface area contributed by atoms with Crippen molar-refractivity contribution in [3.8, 4) is 11.5 Å². The molecule has 154 valence electrons. The van der Waals surface area contributed by atoms with Crippen LogP contribution in [-0.2, 0) is 9.53 Å². The van der Waals surface area contributed by atoms with E-state index in [0.717, 1.165) is 24.3 Å². The van der Waals surface area contributed by atoms with Crippen LogP contribution in [-0.4, -0.2) is 45.8 Å². The summed E-state index contributed by atoms with van der Waals surface area (Å²) >= 11 is 0. The highest BCUT2D eigenvalue weighted by molar-refractivity contribution is 5.97. The fraction of sp³-hybridized carbons (Fsp3) is 0.364. The third-order valence-corrected chi connectivity index (χ3v) is 4.91. The first-order valence-corrected chi connectivity index (χ1v) is 9.57. The highest BCUT2D eigenvalue weighted by Gasteiger charge is 2.19. The average Bonchev–Trinajstić information content (AvgIpc) is 3.27. The summed E-state index contributed by atoms with van der Waals surface area (Å²) in [4.78, 5) is 27.0. The van der Waals surface area contributed by atoms with Crippen molar-refractivity contribution >= 4 is 23.3 Å². The second-order valence-corrected chi connectivity index (χ2v) is 6.86. The van der Waals surface area contributed by atoms with Crippen molar-refractivity contribution in [3.63, 3.8) is 0 Å². The summed E-state index contributed by atoms with van der Waals surface area (Å²) in [5, 5.41) is 2.80. The second-order valence-electron chi connectivity index (χ2n) is 6.86. The monoisotopic (exact) mass is 398 g/mol. The van der Waals surface area contributed by atoms with Gasteiger partial charge >= 0.3 is 5.97 Å². The minimum atomic E-state index is -0.656. The Kier molecular flexibility index (Phi) is 6.59. The number of nitrogens with zero attached hydrogens (tertiary/aromatic N) is 1. The van der Waals surface area contributed by atoms with Crippen LogP contribution in [0.15, 0.2) is 36.4 Å². The average molecular weight is 398 g/mol. The maximum absolute atomic E-state index is 12.4. The third kappa shape index (κ3) is 4.80. The number of nitrogens with one attached hydrogen (secondary N) is 1. The number of carbonyl (C=O) groups is 2. The highest BCUT2D eigenvalue weighted by atomic mass is 16.5. The van der Waals surface area contributed by atoms with E-state index in [1.807, 2.05) is 19.1 Å². The molecule has 1 aliphatic heterocycles. The van der Waals surface area contributed by atoms with Crippen molar-refractivity contribution < 1.29 is 23.8 Å². The summed E-state index contributed by atoms with van der Waals surface area (Å²) in [6.45, 7) is 3.68. The van der Waals surface area contributed by atoms with Crippen molar-refractivity contribution in [2.24, 2.45) is 0 Å². The molecular weight excluding hydrogens is 372 g/mol. The van der Waals surface area contributed by atoms with Crippen molar-refractivity contribution in [2.45, 2.75) is 19.8 Å². The van der Waals surface area contributed by atoms with Gasteiger partial charge in [-0.25, -0.2) is 4.79 Å². The maximum atomic E-state index is 12.4. The molecule has 2 aromatic carbocycles. The zero-order valence-electron chi connectivity index (χ0n) is 17.0. The molecule has 1 heterocycles. The minimum Gasteiger partial charge on any atom is -0.493 e. The molecule has 1 fully saturated rings. The lowest BCUT2D eigenvalue weighted by Gasteiger charge is -2.19. The number of esters is 1. The molecule has 0 saturated carbocycles. The predicted molar refractivity (Wildman–Crippen MR) is 111 cm³/mol. The molecule has 0 spiro atoms. The number of carbonyl (C=O) groups excluding carboxylic acids is 2. The zero-order valence-corrected chi connectivity index (χ0v) is 17.0. The number of ether oxygens (including phenoxy) is 3. The molecule has 3 rings (SSSR count). The lowest BCUT2D eigenvalue weighted by Crippen LogP contribution is -2.22. The van der Waals surface area contributed by atoms with E-state index in [4.69, 9.17) is 14.2 Å². The van der Waals surface area contributed by atoms with Crippen LogP contribution in [0.2, 0.25) is 0 Å². The quantitative estimate of drug-likeness (QED) is 0.721. The van der Waals surface area contributed by atoms with E-state index in [-0.39, 0.29) is 11.3 Å². The molecule has 1 saturated heterocycles. The molecule has 1 amide bonds. The van der Waals surface area contributed by atoms with Crippen molar-refractivity contribution in [2.75, 3.05) is 44.1 Å². The van der Waals surface area contributed by atoms with Crippen LogP contribution in [0.3, 0.4) is 0 Å². The van der Waals surface area contributed by atoms with Crippen LogP contribution in [0.25, 0.3) is 0 Å². The summed E-state index contributed by atoms with van der Waals surface area (Å²) in [5.41, 5.74) is 3.02. The van der Waals surface area contributed by atoms with Gasteiger partial charge in [0.1, 0.15) is 5.56 Å². The number of anilines is 2. The standard InChI is InChI=1S/C22H26N2O5/c1-15-13-16(24-11-4-5-12-24)9-10-18(15)23-20(25)14-29-22(26)17-7-6-8-19(27-2)21(17)28-3/h6-10,13H,4-5,11-12,14H2,1-3H3,(H,23,25). The zero-order chi connectivity index (χ0) is 20.8. The van der Waals surface area contributed by atoms with Crippen molar-refractivity contribution in [1.29, 1.82) is 0 Å². The van der Waals surface area contributed by atoms with Gasteiger partial charge in [-0.05, 0) is 55.7 Å². The number of hydrogen-bond acceptors (Lipinski definition) is 6. The van der Waals surface area contributed by atoms with E-state index in [9.17, 15) is 9.59 Å². The molecule has 0 aliphatic carbocycles. The number of benzene rings is 2. The Morgan fingerprint density at radius 3 is 2.48 bits per heavy atom. The van der Waals surface area contributed by atoms with Gasteiger partial charge < -0.3 is 24.4 Å². The minimum absolute atomic E-state index is 0.200. The largest absolute Gasteiger partial charge is 0.493 e. The van der Waals surface area contributed by atoms with Gasteiger partial charge in [0.15, 0.2) is 18.1 Å². The van der Waals surface area contributed by atoms with Gasteiger partial charge in [-0.15, -0.1) is 0 Å². The van der Waals surface area contributed by atoms with E-state index in [1.54, 1.807) is 18.2 Å². The number of rotatable bonds is 7. The SMILES string of the molecule is COc1cccc(C(=O)OCC(=O)Nc2ccc(N3CCCC3)cc2C)c1OC. The van der Waals surface area contributed by atoms with Crippen LogP contribution in [0, 0.1) is 6.92 Å². The Balaban J connectivity index is 1.59. The summed E-state index contributed by atoms with van der Waals surface area (Å²) < 4.78 is 15.6. The second kappa shape index (κ2) is 9.32. The Bertz CT molecular complexity index is 891. The van der Waals surface area contributed by atoms with Crippen LogP contribution in [0.1, 0.15) is 28.8 Å². The molecule has 0 radical (unpaired) electrons. The molecule has 0 atom stereocenters. The Labute approximate surface area is 170 Å². The smallest absolute Gasteiger partial charge is 0.342 e. The van der Waals surface area contributed by atoms with E-state index >= 15 is 0 Å². The third-order valence-electron chi connectivity index (χ3n) is 4.91. The summed E-state index contributed by atoms with van der Waals surface area (Å²) in [7, 11) is 2.92. The molecule has 0 unspecified atom stereocenters. The molecule has 0 bridgehead atoms. The maximum Gasteiger partial charge on any atom is 0.342 e. The van der Waals surface area contributed by atoms with Gasteiger partial charge in [0.25, 0.3) is 5.91 Å². The summed E-state index contributed by atoms with van der Waals surface area (Å²) in [5.74, 6) is -0.372. The van der Waals surface area contributed by atoms with Crippen LogP contribution >= 0.6 is 0 Å². The van der Waals surface area contributed by atoms with Crippen molar-refractivity contribution in [1.82, 2.24) is 0 Å². The first-order chi connectivity index (χ1) is 14.0. The fourth-order valence-corrected chi connectivity index (χ4v) is 3.40. The molecule has 29 heavy (non-hydrogen) atoms. The summed E-state index contributed by atoms with van der Waals surface area (Å²) in [6, 6.07) is 10.8. The molecule has 1 aliphatic rings. The molecule has 1 N–H and O–H groups in total. The first-order valence-electron chi connectivity index (χ1n) is 9.57. The predicted octanol–water partition coefficient (Wildman–Crippen LogP) is 3.41. The van der Waals surface area contributed by atoms with Gasteiger partial charge in [0, 0.05) is 24.5 Å². The summed E-state index contributed by atoms with van der Waals surface area (Å²) in [6.07, 6.45) is 2.42. The van der Waals surface area contributed by atoms with Gasteiger partial charge in [-0.2, -0.15) is 0 Å². The number of para-hydroxylation sites is 1. The van der Waals surface area contributed by atoms with Gasteiger partial charge in [0.2, 0.25) is 0 Å². The molecule has 7 heteroatoms. The van der Waals surface area contributed by atoms with Gasteiger partial charge in [-0.3, -0.25) is 4.79 Å². The van der Waals surface area contributed by atoms with E-state index in [1.165, 1.54) is 27.1 Å². The number of aryl methyl sites for hydroxylation is 1. The Hall–Kier alpha value is -3.22. The van der Waals surface area contributed by atoms with Crippen LogP contribution < -0.4 is 19.7 Å². The molecule has 2 aromatic rings. The van der Waals surface area contributed by atoms with E-state index in [0.29, 0.717) is 11.4 Å². The lowest BCUT2D eigenvalue weighted by molar-refractivity contribution is -0.119. The van der Waals surface area contributed by atoms with Crippen LogP contribution in [0.4, 0.5) is 11.4 Å². The lowest BCUT2D eigenvalue weighted by atomic mass is 10.1. The van der Waals surface area contributed by atoms with Crippen molar-refractivity contribution in [3.05, 3.63) is 47.5 Å². The molecule has 0 aromatic heterocycles. The highest BCUT2D eigenvalue weighted by Crippen LogP contribution is 2.31. The number of hydrogen-bond donors (Lipinski definition) is 1. The Morgan fingerprint density at radius 1 is 1.07 bits per heavy atom. The van der Waals surface area contributed by atoms with Gasteiger partial charge in [0.05, 0.1) is 14.2 Å². The normalized spacial score (nSPS) is 13.1. The number of methoxy groups -OCH3 is 2.